The van der Waals surface area contributed by atoms with E-state index in [0.29, 0.717) is 0 Å². The van der Waals surface area contributed by atoms with Crippen LogP contribution in [0.1, 0.15) is 26.3 Å². The summed E-state index contributed by atoms with van der Waals surface area (Å²) in [5, 5.41) is 6.80. The summed E-state index contributed by atoms with van der Waals surface area (Å²) in [4.78, 5) is 5.49. The summed E-state index contributed by atoms with van der Waals surface area (Å²) in [7, 11) is 0. The van der Waals surface area contributed by atoms with Gasteiger partial charge in [-0.25, -0.2) is 9.07 Å². The van der Waals surface area contributed by atoms with Crippen molar-refractivity contribution in [2.45, 2.75) is 26.8 Å². The Hall–Kier alpha value is -2.53. The first-order valence-electron chi connectivity index (χ1n) is 8.16. The van der Waals surface area contributed by atoms with Crippen LogP contribution in [-0.2, 0) is 0 Å². The maximum atomic E-state index is 13.5. The van der Waals surface area contributed by atoms with Crippen molar-refractivity contribution < 1.29 is 4.39 Å². The van der Waals surface area contributed by atoms with Crippen LogP contribution in [0.5, 0.6) is 0 Å². The summed E-state index contributed by atoms with van der Waals surface area (Å²) in [5.41, 5.74) is 3.54. The first-order valence-corrected chi connectivity index (χ1v) is 9.04. The molecule has 0 aliphatic rings. The molecule has 3 aromatic rings. The molecule has 0 spiro atoms. The average Bonchev–Trinajstić information content (AvgIpc) is 2.97. The molecule has 1 aromatic heterocycles. The monoisotopic (exact) mass is 353 g/mol. The van der Waals surface area contributed by atoms with Gasteiger partial charge in [-0.2, -0.15) is 5.10 Å². The molecule has 0 fully saturated rings. The number of thiazole rings is 1. The van der Waals surface area contributed by atoms with Crippen molar-refractivity contribution in [2.75, 3.05) is 0 Å². The predicted molar refractivity (Wildman–Crippen MR) is 102 cm³/mol. The summed E-state index contributed by atoms with van der Waals surface area (Å²) in [6.45, 7) is 5.96. The fraction of sp³-hybridized carbons (Fsp3) is 0.200. The van der Waals surface area contributed by atoms with Crippen LogP contribution >= 0.6 is 11.3 Å². The van der Waals surface area contributed by atoms with Gasteiger partial charge in [0.05, 0.1) is 11.4 Å². The standard InChI is InChI=1S/C20H20FN3S/c1-14(2)22-20-24(19(13-25-20)16-8-5-4-6-9-16)23-15(3)17-10-7-11-18(21)12-17/h4-14H,1-3H3. The summed E-state index contributed by atoms with van der Waals surface area (Å²) in [5.74, 6) is -0.266. The minimum Gasteiger partial charge on any atom is -0.255 e. The molecule has 128 valence electrons. The lowest BCUT2D eigenvalue weighted by atomic mass is 10.1. The molecule has 0 saturated carbocycles. The minimum absolute atomic E-state index is 0.165. The van der Waals surface area contributed by atoms with E-state index in [0.717, 1.165) is 27.3 Å². The van der Waals surface area contributed by atoms with Crippen LogP contribution in [0.15, 0.2) is 70.1 Å². The third-order valence-corrected chi connectivity index (χ3v) is 4.45. The molecule has 0 radical (unpaired) electrons. The number of halogens is 1. The lowest BCUT2D eigenvalue weighted by molar-refractivity contribution is 0.627. The Morgan fingerprint density at radius 3 is 2.52 bits per heavy atom. The first-order chi connectivity index (χ1) is 12.0. The quantitative estimate of drug-likeness (QED) is 0.595. The van der Waals surface area contributed by atoms with Crippen molar-refractivity contribution in [2.24, 2.45) is 10.1 Å². The molecule has 0 aliphatic carbocycles. The molecule has 1 heterocycles. The van der Waals surface area contributed by atoms with E-state index in [1.54, 1.807) is 17.4 Å². The Bertz CT molecular complexity index is 952. The summed E-state index contributed by atoms with van der Waals surface area (Å²) < 4.78 is 15.4. The van der Waals surface area contributed by atoms with E-state index in [2.05, 4.69) is 10.4 Å². The molecule has 0 N–H and O–H groups in total. The molecule has 5 heteroatoms. The maximum absolute atomic E-state index is 13.5. The molecule has 25 heavy (non-hydrogen) atoms. The Balaban J connectivity index is 2.16. The second kappa shape index (κ2) is 7.57. The van der Waals surface area contributed by atoms with Crippen LogP contribution in [0, 0.1) is 5.82 Å². The SMILES string of the molecule is CC(=Nn1c(-c2ccccc2)csc1=NC(C)C)c1cccc(F)c1. The molecular formula is C20H20FN3S. The third-order valence-electron chi connectivity index (χ3n) is 3.62. The molecule has 0 atom stereocenters. The second-order valence-corrected chi connectivity index (χ2v) is 6.84. The van der Waals surface area contributed by atoms with Crippen LogP contribution in [0.25, 0.3) is 11.3 Å². The fourth-order valence-corrected chi connectivity index (χ4v) is 3.40. The van der Waals surface area contributed by atoms with E-state index in [-0.39, 0.29) is 11.9 Å². The van der Waals surface area contributed by atoms with Crippen molar-refractivity contribution in [3.05, 3.63) is 76.2 Å². The molecule has 0 saturated heterocycles. The smallest absolute Gasteiger partial charge is 0.206 e. The van der Waals surface area contributed by atoms with E-state index < -0.39 is 0 Å². The van der Waals surface area contributed by atoms with Crippen LogP contribution in [0.2, 0.25) is 0 Å². The molecule has 0 unspecified atom stereocenters. The zero-order valence-electron chi connectivity index (χ0n) is 14.5. The van der Waals surface area contributed by atoms with Crippen LogP contribution in [0.3, 0.4) is 0 Å². The molecule has 0 bridgehead atoms. The Morgan fingerprint density at radius 2 is 1.84 bits per heavy atom. The van der Waals surface area contributed by atoms with E-state index in [4.69, 9.17) is 5.10 Å². The molecule has 0 aliphatic heterocycles. The number of hydrogen-bond acceptors (Lipinski definition) is 3. The van der Waals surface area contributed by atoms with Gasteiger partial charge in [0.2, 0.25) is 4.80 Å². The van der Waals surface area contributed by atoms with Crippen LogP contribution in [-0.4, -0.2) is 16.4 Å². The van der Waals surface area contributed by atoms with Crippen molar-refractivity contribution in [3.63, 3.8) is 0 Å². The summed E-state index contributed by atoms with van der Waals surface area (Å²) >= 11 is 1.55. The fourth-order valence-electron chi connectivity index (χ4n) is 2.43. The van der Waals surface area contributed by atoms with Gasteiger partial charge in [-0.1, -0.05) is 42.5 Å². The average molecular weight is 353 g/mol. The van der Waals surface area contributed by atoms with E-state index in [1.807, 2.05) is 61.8 Å². The van der Waals surface area contributed by atoms with Crippen LogP contribution in [0.4, 0.5) is 4.39 Å². The van der Waals surface area contributed by atoms with E-state index >= 15 is 0 Å². The number of nitrogens with zero attached hydrogens (tertiary/aromatic N) is 3. The predicted octanol–water partition coefficient (Wildman–Crippen LogP) is 4.94. The molecule has 3 nitrogen and oxygen atoms in total. The minimum atomic E-state index is -0.266. The normalized spacial score (nSPS) is 12.8. The highest BCUT2D eigenvalue weighted by molar-refractivity contribution is 7.07. The van der Waals surface area contributed by atoms with Gasteiger partial charge in [-0.05, 0) is 32.9 Å². The highest BCUT2D eigenvalue weighted by Crippen LogP contribution is 2.20. The van der Waals surface area contributed by atoms with Gasteiger partial charge in [0, 0.05) is 22.5 Å². The van der Waals surface area contributed by atoms with E-state index in [1.165, 1.54) is 12.1 Å². The van der Waals surface area contributed by atoms with Gasteiger partial charge in [0.1, 0.15) is 5.82 Å². The van der Waals surface area contributed by atoms with Gasteiger partial charge < -0.3 is 0 Å². The summed E-state index contributed by atoms with van der Waals surface area (Å²) in [6.07, 6.45) is 0. The molecular weight excluding hydrogens is 333 g/mol. The number of rotatable bonds is 4. The maximum Gasteiger partial charge on any atom is 0.206 e. The number of benzene rings is 2. The zero-order chi connectivity index (χ0) is 17.8. The van der Waals surface area contributed by atoms with Gasteiger partial charge in [-0.3, -0.25) is 4.99 Å². The van der Waals surface area contributed by atoms with Gasteiger partial charge >= 0.3 is 0 Å². The Morgan fingerprint density at radius 1 is 1.08 bits per heavy atom. The number of hydrogen-bond donors (Lipinski definition) is 0. The topological polar surface area (TPSA) is 29.6 Å². The Kier molecular flexibility index (Phi) is 5.24. The summed E-state index contributed by atoms with van der Waals surface area (Å²) in [6, 6.07) is 16.7. The van der Waals surface area contributed by atoms with Gasteiger partial charge in [0.25, 0.3) is 0 Å². The van der Waals surface area contributed by atoms with Gasteiger partial charge in [-0.15, -0.1) is 11.3 Å². The Labute approximate surface area is 150 Å². The highest BCUT2D eigenvalue weighted by Gasteiger charge is 2.09. The zero-order valence-corrected chi connectivity index (χ0v) is 15.3. The van der Waals surface area contributed by atoms with Gasteiger partial charge in [0.15, 0.2) is 0 Å². The first kappa shape index (κ1) is 17.3. The molecule has 3 rings (SSSR count). The highest BCUT2D eigenvalue weighted by atomic mass is 32.1. The van der Waals surface area contributed by atoms with Crippen molar-refractivity contribution in [3.8, 4) is 11.3 Å². The largest absolute Gasteiger partial charge is 0.255 e. The molecule has 2 aromatic carbocycles. The second-order valence-electron chi connectivity index (χ2n) is 6.00. The lowest BCUT2D eigenvalue weighted by Crippen LogP contribution is -2.16. The van der Waals surface area contributed by atoms with Crippen molar-refractivity contribution in [1.82, 2.24) is 4.68 Å². The van der Waals surface area contributed by atoms with Crippen molar-refractivity contribution in [1.29, 1.82) is 0 Å². The van der Waals surface area contributed by atoms with E-state index in [9.17, 15) is 4.39 Å². The van der Waals surface area contributed by atoms with Crippen LogP contribution < -0.4 is 4.80 Å². The van der Waals surface area contributed by atoms with Crippen molar-refractivity contribution >= 4 is 17.0 Å². The third kappa shape index (κ3) is 4.12. The molecule has 0 amide bonds. The number of aromatic nitrogens is 1. The lowest BCUT2D eigenvalue weighted by Gasteiger charge is -2.07.